The van der Waals surface area contributed by atoms with E-state index >= 15 is 0 Å². The molecule has 2 aromatic heterocycles. The first-order valence-electron chi connectivity index (χ1n) is 10.7. The third kappa shape index (κ3) is 5.50. The Balaban J connectivity index is 1.26. The van der Waals surface area contributed by atoms with Gasteiger partial charge in [-0.3, -0.25) is 19.3 Å². The summed E-state index contributed by atoms with van der Waals surface area (Å²) in [6.45, 7) is 6.58. The lowest BCUT2D eigenvalue weighted by Gasteiger charge is -2.34. The summed E-state index contributed by atoms with van der Waals surface area (Å²) in [5, 5.41) is 6.34. The maximum atomic E-state index is 12.9. The number of rotatable bonds is 6. The van der Waals surface area contributed by atoms with Gasteiger partial charge in [0.15, 0.2) is 5.76 Å². The van der Waals surface area contributed by atoms with Crippen LogP contribution in [0.1, 0.15) is 31.4 Å². The summed E-state index contributed by atoms with van der Waals surface area (Å²) in [5.74, 6) is -0.261. The van der Waals surface area contributed by atoms with Crippen LogP contribution in [0.15, 0.2) is 53.1 Å². The van der Waals surface area contributed by atoms with Gasteiger partial charge >= 0.3 is 0 Å². The smallest absolute Gasteiger partial charge is 0.291 e. The average molecular weight is 467 g/mol. The van der Waals surface area contributed by atoms with Crippen LogP contribution in [-0.2, 0) is 4.79 Å². The molecule has 0 radical (unpaired) electrons. The fourth-order valence-corrected chi connectivity index (χ4v) is 4.63. The van der Waals surface area contributed by atoms with Gasteiger partial charge in [-0.05, 0) is 49.2 Å². The van der Waals surface area contributed by atoms with Gasteiger partial charge in [0, 0.05) is 31.9 Å². The minimum absolute atomic E-state index is 0.0534. The molecule has 3 amide bonds. The van der Waals surface area contributed by atoms with Crippen LogP contribution in [0.4, 0.5) is 10.7 Å². The van der Waals surface area contributed by atoms with Gasteiger partial charge in [-0.15, -0.1) is 11.3 Å². The van der Waals surface area contributed by atoms with Gasteiger partial charge in [0.1, 0.15) is 0 Å². The van der Waals surface area contributed by atoms with Crippen molar-refractivity contribution >= 4 is 39.7 Å². The van der Waals surface area contributed by atoms with Crippen molar-refractivity contribution in [1.29, 1.82) is 0 Å². The number of furan rings is 1. The molecule has 0 unspecified atom stereocenters. The number of amides is 3. The molecule has 9 heteroatoms. The molecule has 1 fully saturated rings. The lowest BCUT2D eigenvalue weighted by atomic mass is 10.1. The van der Waals surface area contributed by atoms with E-state index in [0.29, 0.717) is 36.1 Å². The first-order chi connectivity index (χ1) is 15.9. The van der Waals surface area contributed by atoms with Gasteiger partial charge in [0.05, 0.1) is 22.7 Å². The van der Waals surface area contributed by atoms with Crippen LogP contribution in [0, 0.1) is 13.8 Å². The standard InChI is InChI=1S/C24H26N4O4S/c1-16-5-3-6-17(2)22(16)25-20(29)15-27-10-12-28(13-11-27)24(31)19-8-9-21(33-19)26-23(30)18-7-4-14-32-18/h3-9,14H,10-13,15H2,1-2H3,(H,25,29)(H,26,30). The molecule has 33 heavy (non-hydrogen) atoms. The predicted octanol–water partition coefficient (Wildman–Crippen LogP) is 3.61. The minimum atomic E-state index is -0.353. The maximum absolute atomic E-state index is 12.9. The van der Waals surface area contributed by atoms with Crippen molar-refractivity contribution in [3.8, 4) is 0 Å². The molecule has 2 N–H and O–H groups in total. The second kappa shape index (κ2) is 10.0. The van der Waals surface area contributed by atoms with Gasteiger partial charge in [0.25, 0.3) is 11.8 Å². The number of thiophene rings is 1. The van der Waals surface area contributed by atoms with Crippen LogP contribution in [0.25, 0.3) is 0 Å². The molecule has 0 aliphatic carbocycles. The molecule has 0 spiro atoms. The predicted molar refractivity (Wildman–Crippen MR) is 128 cm³/mol. The highest BCUT2D eigenvalue weighted by Gasteiger charge is 2.25. The first-order valence-corrected chi connectivity index (χ1v) is 11.5. The number of carbonyl (C=O) groups excluding carboxylic acids is 3. The molecule has 0 saturated carbocycles. The largest absolute Gasteiger partial charge is 0.459 e. The van der Waals surface area contributed by atoms with E-state index in [1.807, 2.05) is 32.0 Å². The third-order valence-electron chi connectivity index (χ3n) is 5.57. The van der Waals surface area contributed by atoms with E-state index in [4.69, 9.17) is 4.42 Å². The van der Waals surface area contributed by atoms with Gasteiger partial charge in [-0.1, -0.05) is 18.2 Å². The van der Waals surface area contributed by atoms with Crippen LogP contribution in [0.2, 0.25) is 0 Å². The normalized spacial score (nSPS) is 14.2. The fourth-order valence-electron chi connectivity index (χ4n) is 3.76. The quantitative estimate of drug-likeness (QED) is 0.579. The number of benzene rings is 1. The van der Waals surface area contributed by atoms with Gasteiger partial charge in [-0.2, -0.15) is 0 Å². The molecule has 1 aromatic carbocycles. The van der Waals surface area contributed by atoms with Crippen LogP contribution in [-0.4, -0.2) is 60.2 Å². The lowest BCUT2D eigenvalue weighted by Crippen LogP contribution is -2.50. The highest BCUT2D eigenvalue weighted by atomic mass is 32.1. The van der Waals surface area contributed by atoms with Crippen molar-refractivity contribution in [1.82, 2.24) is 9.80 Å². The summed E-state index contributed by atoms with van der Waals surface area (Å²) in [5.41, 5.74) is 2.94. The number of anilines is 2. The number of piperazine rings is 1. The summed E-state index contributed by atoms with van der Waals surface area (Å²) in [4.78, 5) is 41.9. The number of hydrogen-bond acceptors (Lipinski definition) is 6. The SMILES string of the molecule is Cc1cccc(C)c1NC(=O)CN1CCN(C(=O)c2ccc(NC(=O)c3ccco3)s2)CC1. The molecule has 172 valence electrons. The van der Waals surface area contributed by atoms with E-state index < -0.39 is 0 Å². The van der Waals surface area contributed by atoms with Crippen molar-refractivity contribution in [3.63, 3.8) is 0 Å². The zero-order valence-electron chi connectivity index (χ0n) is 18.6. The van der Waals surface area contributed by atoms with E-state index in [-0.39, 0.29) is 30.0 Å². The first kappa shape index (κ1) is 22.8. The Kier molecular flexibility index (Phi) is 6.90. The molecule has 4 rings (SSSR count). The van der Waals surface area contributed by atoms with Gasteiger partial charge in [-0.25, -0.2) is 0 Å². The van der Waals surface area contributed by atoms with E-state index in [2.05, 4.69) is 15.5 Å². The Labute approximate surface area is 196 Å². The monoisotopic (exact) mass is 466 g/mol. The van der Waals surface area contributed by atoms with Gasteiger partial charge in [0.2, 0.25) is 5.91 Å². The molecule has 3 aromatic rings. The van der Waals surface area contributed by atoms with Crippen molar-refractivity contribution in [2.45, 2.75) is 13.8 Å². The van der Waals surface area contributed by atoms with E-state index in [1.54, 1.807) is 29.2 Å². The lowest BCUT2D eigenvalue weighted by molar-refractivity contribution is -0.117. The third-order valence-corrected chi connectivity index (χ3v) is 6.56. The van der Waals surface area contributed by atoms with Crippen molar-refractivity contribution in [3.05, 3.63) is 70.5 Å². The number of hydrogen-bond donors (Lipinski definition) is 2. The van der Waals surface area contributed by atoms with Crippen LogP contribution in [0.3, 0.4) is 0 Å². The molecule has 1 saturated heterocycles. The minimum Gasteiger partial charge on any atom is -0.459 e. The van der Waals surface area contributed by atoms with Crippen molar-refractivity contribution < 1.29 is 18.8 Å². The average Bonchev–Trinajstić information content (AvgIpc) is 3.49. The summed E-state index contributed by atoms with van der Waals surface area (Å²) in [6.07, 6.45) is 1.44. The number of nitrogens with zero attached hydrogens (tertiary/aromatic N) is 2. The highest BCUT2D eigenvalue weighted by molar-refractivity contribution is 7.18. The Morgan fingerprint density at radius 1 is 0.939 bits per heavy atom. The second-order valence-corrected chi connectivity index (χ2v) is 9.06. The molecular formula is C24H26N4O4S. The Morgan fingerprint density at radius 3 is 2.33 bits per heavy atom. The van der Waals surface area contributed by atoms with Crippen LogP contribution in [0.5, 0.6) is 0 Å². The Morgan fingerprint density at radius 2 is 1.67 bits per heavy atom. The second-order valence-electron chi connectivity index (χ2n) is 7.98. The van der Waals surface area contributed by atoms with E-state index in [1.165, 1.54) is 17.6 Å². The molecule has 1 aliphatic heterocycles. The molecule has 1 aliphatic rings. The maximum Gasteiger partial charge on any atom is 0.291 e. The topological polar surface area (TPSA) is 94.9 Å². The fraction of sp³-hybridized carbons (Fsp3) is 0.292. The number of carbonyl (C=O) groups is 3. The molecular weight excluding hydrogens is 440 g/mol. The van der Waals surface area contributed by atoms with Crippen LogP contribution < -0.4 is 10.6 Å². The Bertz CT molecular complexity index is 1130. The molecule has 3 heterocycles. The van der Waals surface area contributed by atoms with E-state index in [9.17, 15) is 14.4 Å². The summed E-state index contributed by atoms with van der Waals surface area (Å²) < 4.78 is 5.08. The Hall–Kier alpha value is -3.43. The zero-order valence-corrected chi connectivity index (χ0v) is 19.4. The summed E-state index contributed by atoms with van der Waals surface area (Å²) in [7, 11) is 0. The van der Waals surface area contributed by atoms with E-state index in [0.717, 1.165) is 16.8 Å². The molecule has 0 bridgehead atoms. The van der Waals surface area contributed by atoms with Crippen LogP contribution >= 0.6 is 11.3 Å². The van der Waals surface area contributed by atoms with Crippen molar-refractivity contribution in [2.75, 3.05) is 43.4 Å². The van der Waals surface area contributed by atoms with Crippen molar-refractivity contribution in [2.24, 2.45) is 0 Å². The molecule has 0 atom stereocenters. The highest BCUT2D eigenvalue weighted by Crippen LogP contribution is 2.24. The molecule has 8 nitrogen and oxygen atoms in total. The number of nitrogens with one attached hydrogen (secondary N) is 2. The van der Waals surface area contributed by atoms with Gasteiger partial charge < -0.3 is 20.0 Å². The summed E-state index contributed by atoms with van der Waals surface area (Å²) >= 11 is 1.23. The zero-order chi connectivity index (χ0) is 23.4. The summed E-state index contributed by atoms with van der Waals surface area (Å²) in [6, 6.07) is 12.6. The number of para-hydroxylation sites is 1. The number of aryl methyl sites for hydroxylation is 2.